The molecule has 134 valence electrons. The van der Waals surface area contributed by atoms with Crippen molar-refractivity contribution in [2.24, 2.45) is 0 Å². The fraction of sp³-hybridized carbons (Fsp3) is 0.0370. The molecule has 0 spiro atoms. The predicted molar refractivity (Wildman–Crippen MR) is 116 cm³/mol. The summed E-state index contributed by atoms with van der Waals surface area (Å²) in [6, 6.07) is 42.8. The van der Waals surface area contributed by atoms with Gasteiger partial charge in [-0.1, -0.05) is 0 Å². The first-order chi connectivity index (χ1) is 13.9. The van der Waals surface area contributed by atoms with E-state index in [4.69, 9.17) is 0 Å². The minimum atomic E-state index is -3.38. The first kappa shape index (κ1) is 17.6. The Morgan fingerprint density at radius 2 is 0.893 bits per heavy atom. The molecule has 0 aliphatic heterocycles. The van der Waals surface area contributed by atoms with Gasteiger partial charge in [0.05, 0.1) is 0 Å². The van der Waals surface area contributed by atoms with Crippen LogP contribution >= 0.6 is 0 Å². The Morgan fingerprint density at radius 1 is 0.464 bits per heavy atom. The van der Waals surface area contributed by atoms with E-state index in [0.29, 0.717) is 3.63 Å². The van der Waals surface area contributed by atoms with Gasteiger partial charge < -0.3 is 0 Å². The third-order valence-corrected chi connectivity index (χ3v) is 18.7. The summed E-state index contributed by atoms with van der Waals surface area (Å²) in [6.45, 7) is 0. The maximum atomic E-state index is 2.48. The summed E-state index contributed by atoms with van der Waals surface area (Å²) in [5.74, 6) is 0. The number of rotatable bonds is 4. The van der Waals surface area contributed by atoms with Crippen LogP contribution in [0, 0.1) is 0 Å². The SMILES string of the molecule is C1=C[CH]([Zr]([c]2ccccc2)([c]2ccccc2)[c]2ccccc2)c2ccccc21. The molecular weight excluding hydrogens is 416 g/mol. The van der Waals surface area contributed by atoms with E-state index in [-0.39, 0.29) is 0 Å². The number of hydrogen-bond donors (Lipinski definition) is 0. The van der Waals surface area contributed by atoms with Crippen LogP contribution < -0.4 is 9.81 Å². The van der Waals surface area contributed by atoms with Gasteiger partial charge in [0.1, 0.15) is 0 Å². The molecule has 1 heteroatoms. The minimum absolute atomic E-state index is 0.442. The molecule has 0 nitrogen and oxygen atoms in total. The second-order valence-electron chi connectivity index (χ2n) is 7.37. The van der Waals surface area contributed by atoms with Crippen molar-refractivity contribution in [3.05, 3.63) is 132 Å². The predicted octanol–water partition coefficient (Wildman–Crippen LogP) is 4.88. The van der Waals surface area contributed by atoms with Gasteiger partial charge in [-0.25, -0.2) is 0 Å². The van der Waals surface area contributed by atoms with E-state index in [1.807, 2.05) is 0 Å². The third kappa shape index (κ3) is 2.77. The molecule has 1 atom stereocenters. The molecule has 0 saturated carbocycles. The standard InChI is InChI=1S/C9H7.3C6H5.Zr/c1-2-5-9-7-3-6-8(9)4-1;3*1-2-4-6-5-3-1;/h1-7H;3*1-5H;. The molecule has 0 heterocycles. The zero-order valence-corrected chi connectivity index (χ0v) is 18.2. The molecule has 1 aliphatic carbocycles. The molecule has 0 N–H and O–H groups in total. The fourth-order valence-corrected chi connectivity index (χ4v) is 17.9. The summed E-state index contributed by atoms with van der Waals surface area (Å²) in [7, 11) is 0. The molecule has 1 aliphatic rings. The van der Waals surface area contributed by atoms with E-state index >= 15 is 0 Å². The summed E-state index contributed by atoms with van der Waals surface area (Å²) in [5, 5.41) is 0. The van der Waals surface area contributed by atoms with Gasteiger partial charge in [-0.05, 0) is 0 Å². The van der Waals surface area contributed by atoms with E-state index < -0.39 is 20.3 Å². The number of benzene rings is 4. The van der Waals surface area contributed by atoms with E-state index in [0.717, 1.165) is 0 Å². The topological polar surface area (TPSA) is 0 Å². The van der Waals surface area contributed by atoms with Gasteiger partial charge in [0, 0.05) is 0 Å². The van der Waals surface area contributed by atoms with Gasteiger partial charge in [-0.15, -0.1) is 0 Å². The van der Waals surface area contributed by atoms with Crippen molar-refractivity contribution in [1.82, 2.24) is 0 Å². The Kier molecular flexibility index (Phi) is 4.71. The van der Waals surface area contributed by atoms with E-state index in [2.05, 4.69) is 127 Å². The molecule has 5 rings (SSSR count). The molecule has 0 aromatic heterocycles. The Morgan fingerprint density at radius 3 is 1.39 bits per heavy atom. The average Bonchev–Trinajstić information content (AvgIpc) is 3.21. The molecule has 28 heavy (non-hydrogen) atoms. The van der Waals surface area contributed by atoms with Gasteiger partial charge >= 0.3 is 172 Å². The van der Waals surface area contributed by atoms with Crippen LogP contribution in [0.1, 0.15) is 14.8 Å². The van der Waals surface area contributed by atoms with Crippen molar-refractivity contribution in [3.8, 4) is 0 Å². The molecule has 0 saturated heterocycles. The maximum absolute atomic E-state index is 3.38. The van der Waals surface area contributed by atoms with E-state index in [9.17, 15) is 0 Å². The van der Waals surface area contributed by atoms with Crippen molar-refractivity contribution >= 4 is 15.9 Å². The van der Waals surface area contributed by atoms with E-state index in [1.54, 1.807) is 0 Å². The zero-order valence-electron chi connectivity index (χ0n) is 15.7. The van der Waals surface area contributed by atoms with Crippen LogP contribution in [0.2, 0.25) is 0 Å². The summed E-state index contributed by atoms with van der Waals surface area (Å²) in [5.41, 5.74) is 2.85. The first-order valence-corrected chi connectivity index (χ1v) is 14.9. The van der Waals surface area contributed by atoms with Crippen molar-refractivity contribution in [2.45, 2.75) is 3.63 Å². The average molecular weight is 438 g/mol. The quantitative estimate of drug-likeness (QED) is 0.427. The van der Waals surface area contributed by atoms with Gasteiger partial charge in [0.15, 0.2) is 0 Å². The van der Waals surface area contributed by atoms with Crippen molar-refractivity contribution < 1.29 is 20.3 Å². The van der Waals surface area contributed by atoms with Crippen molar-refractivity contribution in [1.29, 1.82) is 0 Å². The van der Waals surface area contributed by atoms with Gasteiger partial charge in [-0.2, -0.15) is 0 Å². The first-order valence-electron chi connectivity index (χ1n) is 9.84. The Labute approximate surface area is 171 Å². The number of fused-ring (bicyclic) bond motifs is 1. The summed E-state index contributed by atoms with van der Waals surface area (Å²) in [6.07, 6.45) is 4.81. The number of allylic oxidation sites excluding steroid dienone is 1. The monoisotopic (exact) mass is 436 g/mol. The van der Waals surface area contributed by atoms with Gasteiger partial charge in [0.2, 0.25) is 0 Å². The van der Waals surface area contributed by atoms with Crippen LogP contribution in [0.4, 0.5) is 0 Å². The molecule has 4 aromatic rings. The molecule has 4 aromatic carbocycles. The number of hydrogen-bond acceptors (Lipinski definition) is 0. The van der Waals surface area contributed by atoms with Crippen LogP contribution in [-0.2, 0) is 20.3 Å². The Hall–Kier alpha value is -2.50. The second kappa shape index (κ2) is 7.49. The summed E-state index contributed by atoms with van der Waals surface area (Å²) >= 11 is -3.38. The molecule has 0 fully saturated rings. The van der Waals surface area contributed by atoms with Crippen molar-refractivity contribution in [3.63, 3.8) is 0 Å². The second-order valence-corrected chi connectivity index (χ2v) is 17.1. The Bertz CT molecular complexity index is 1000. The molecule has 0 bridgehead atoms. The molecule has 0 radical (unpaired) electrons. The summed E-state index contributed by atoms with van der Waals surface area (Å²) in [4.78, 5) is 0. The molecular formula is C27H22Zr. The Balaban J connectivity index is 1.88. The molecule has 1 unspecified atom stereocenters. The van der Waals surface area contributed by atoms with Crippen LogP contribution in [-0.4, -0.2) is 0 Å². The fourth-order valence-electron chi connectivity index (χ4n) is 4.77. The van der Waals surface area contributed by atoms with Crippen LogP contribution in [0.3, 0.4) is 0 Å². The van der Waals surface area contributed by atoms with E-state index in [1.165, 1.54) is 20.9 Å². The van der Waals surface area contributed by atoms with Crippen LogP contribution in [0.15, 0.2) is 121 Å². The normalized spacial score (nSPS) is 15.4. The van der Waals surface area contributed by atoms with Gasteiger partial charge in [0.25, 0.3) is 0 Å². The van der Waals surface area contributed by atoms with Crippen LogP contribution in [0.25, 0.3) is 6.08 Å². The zero-order chi connectivity index (χ0) is 18.8. The van der Waals surface area contributed by atoms with Crippen molar-refractivity contribution in [2.75, 3.05) is 0 Å². The third-order valence-electron chi connectivity index (χ3n) is 5.95. The summed E-state index contributed by atoms with van der Waals surface area (Å²) < 4.78 is 5.03. The van der Waals surface area contributed by atoms with Crippen LogP contribution in [0.5, 0.6) is 0 Å². The van der Waals surface area contributed by atoms with Gasteiger partial charge in [-0.3, -0.25) is 0 Å². The molecule has 0 amide bonds.